The Bertz CT molecular complexity index is 311. The van der Waals surface area contributed by atoms with Crippen LogP contribution in [0.5, 0.6) is 5.75 Å². The molecule has 1 aromatic heterocycles. The molecule has 0 aromatic carbocycles. The van der Waals surface area contributed by atoms with E-state index in [1.165, 1.54) is 0 Å². The first-order valence-corrected chi connectivity index (χ1v) is 5.22. The molecule has 0 amide bonds. The molecule has 4 heteroatoms. The molecule has 1 aliphatic rings. The fraction of sp³-hybridized carbons (Fsp3) is 0.545. The number of rotatable bonds is 4. The fourth-order valence-corrected chi connectivity index (χ4v) is 1.64. The Morgan fingerprint density at radius 2 is 2.60 bits per heavy atom. The lowest BCUT2D eigenvalue weighted by Gasteiger charge is -2.14. The molecule has 1 saturated heterocycles. The number of nitrogens with one attached hydrogen (secondary N) is 1. The van der Waals surface area contributed by atoms with E-state index in [2.05, 4.69) is 10.3 Å². The van der Waals surface area contributed by atoms with E-state index in [1.807, 2.05) is 13.1 Å². The van der Waals surface area contributed by atoms with Gasteiger partial charge >= 0.3 is 0 Å². The molecule has 1 aromatic rings. The van der Waals surface area contributed by atoms with Gasteiger partial charge in [-0.05, 0) is 13.1 Å². The second-order valence-corrected chi connectivity index (χ2v) is 3.62. The second-order valence-electron chi connectivity index (χ2n) is 3.62. The molecule has 0 bridgehead atoms. The zero-order chi connectivity index (χ0) is 10.5. The molecule has 1 unspecified atom stereocenters. The number of pyridine rings is 1. The van der Waals surface area contributed by atoms with Crippen molar-refractivity contribution in [1.82, 2.24) is 10.3 Å². The van der Waals surface area contributed by atoms with E-state index in [4.69, 9.17) is 9.47 Å². The van der Waals surface area contributed by atoms with Gasteiger partial charge < -0.3 is 14.8 Å². The van der Waals surface area contributed by atoms with Crippen LogP contribution in [0.1, 0.15) is 12.0 Å². The van der Waals surface area contributed by atoms with Crippen molar-refractivity contribution in [3.8, 4) is 5.75 Å². The molecule has 15 heavy (non-hydrogen) atoms. The summed E-state index contributed by atoms with van der Waals surface area (Å²) in [6, 6.07) is 1.97. The van der Waals surface area contributed by atoms with E-state index in [-0.39, 0.29) is 6.10 Å². The van der Waals surface area contributed by atoms with E-state index in [0.29, 0.717) is 6.61 Å². The van der Waals surface area contributed by atoms with Crippen LogP contribution in [-0.4, -0.2) is 31.3 Å². The molecular formula is C11H16N2O2. The number of hydrogen-bond donors (Lipinski definition) is 1. The topological polar surface area (TPSA) is 43.4 Å². The van der Waals surface area contributed by atoms with Gasteiger partial charge in [0.15, 0.2) is 0 Å². The predicted molar refractivity (Wildman–Crippen MR) is 56.9 cm³/mol. The average molecular weight is 208 g/mol. The third kappa shape index (κ3) is 2.67. The van der Waals surface area contributed by atoms with Gasteiger partial charge in [-0.15, -0.1) is 0 Å². The van der Waals surface area contributed by atoms with E-state index < -0.39 is 0 Å². The van der Waals surface area contributed by atoms with Crippen LogP contribution in [0.25, 0.3) is 0 Å². The maximum absolute atomic E-state index is 5.83. The molecule has 1 fully saturated rings. The fourth-order valence-electron chi connectivity index (χ4n) is 1.64. The third-order valence-electron chi connectivity index (χ3n) is 2.42. The van der Waals surface area contributed by atoms with Crippen LogP contribution >= 0.6 is 0 Å². The first kappa shape index (κ1) is 10.4. The summed E-state index contributed by atoms with van der Waals surface area (Å²) in [6.07, 6.45) is 4.70. The summed E-state index contributed by atoms with van der Waals surface area (Å²) in [6.45, 7) is 2.28. The molecule has 0 aliphatic carbocycles. The van der Waals surface area contributed by atoms with Crippen LogP contribution in [0.2, 0.25) is 0 Å². The van der Waals surface area contributed by atoms with Crippen molar-refractivity contribution in [2.75, 3.05) is 20.3 Å². The number of aromatic nitrogens is 1. The molecule has 2 rings (SSSR count). The Labute approximate surface area is 89.6 Å². The zero-order valence-corrected chi connectivity index (χ0v) is 8.90. The summed E-state index contributed by atoms with van der Waals surface area (Å²) < 4.78 is 11.1. The molecule has 0 saturated carbocycles. The molecule has 0 spiro atoms. The summed E-state index contributed by atoms with van der Waals surface area (Å²) in [5, 5.41) is 3.11. The van der Waals surface area contributed by atoms with Crippen LogP contribution < -0.4 is 10.1 Å². The van der Waals surface area contributed by atoms with Crippen molar-refractivity contribution >= 4 is 0 Å². The lowest BCUT2D eigenvalue weighted by atomic mass is 10.2. The minimum absolute atomic E-state index is 0.185. The first-order chi connectivity index (χ1) is 7.40. The lowest BCUT2D eigenvalue weighted by molar-refractivity contribution is 0.140. The zero-order valence-electron chi connectivity index (χ0n) is 8.90. The van der Waals surface area contributed by atoms with Crippen molar-refractivity contribution in [2.45, 2.75) is 19.1 Å². The largest absolute Gasteiger partial charge is 0.486 e. The predicted octanol–water partition coefficient (Wildman–Crippen LogP) is 0.969. The Morgan fingerprint density at radius 1 is 1.67 bits per heavy atom. The number of nitrogens with zero attached hydrogens (tertiary/aromatic N) is 1. The van der Waals surface area contributed by atoms with Gasteiger partial charge in [-0.25, -0.2) is 0 Å². The van der Waals surface area contributed by atoms with E-state index in [0.717, 1.165) is 30.9 Å². The maximum Gasteiger partial charge on any atom is 0.142 e. The molecular weight excluding hydrogens is 192 g/mol. The average Bonchev–Trinajstić information content (AvgIpc) is 2.74. The molecule has 82 valence electrons. The van der Waals surface area contributed by atoms with E-state index >= 15 is 0 Å². The normalized spacial score (nSPS) is 20.5. The van der Waals surface area contributed by atoms with E-state index in [9.17, 15) is 0 Å². The quantitative estimate of drug-likeness (QED) is 0.800. The van der Waals surface area contributed by atoms with Crippen molar-refractivity contribution in [1.29, 1.82) is 0 Å². The lowest BCUT2D eigenvalue weighted by Crippen LogP contribution is -2.17. The van der Waals surface area contributed by atoms with Crippen molar-refractivity contribution in [2.24, 2.45) is 0 Å². The molecule has 1 atom stereocenters. The van der Waals surface area contributed by atoms with Crippen molar-refractivity contribution in [3.05, 3.63) is 24.0 Å². The number of hydrogen-bond acceptors (Lipinski definition) is 4. The summed E-state index contributed by atoms with van der Waals surface area (Å²) in [4.78, 5) is 4.08. The SMILES string of the molecule is CNCc1ccncc1OC1CCOC1. The third-order valence-corrected chi connectivity index (χ3v) is 2.42. The molecule has 4 nitrogen and oxygen atoms in total. The Kier molecular flexibility index (Phi) is 3.53. The monoisotopic (exact) mass is 208 g/mol. The smallest absolute Gasteiger partial charge is 0.142 e. The summed E-state index contributed by atoms with van der Waals surface area (Å²) in [7, 11) is 1.92. The summed E-state index contributed by atoms with van der Waals surface area (Å²) >= 11 is 0. The van der Waals surface area contributed by atoms with Crippen LogP contribution in [0.3, 0.4) is 0 Å². The van der Waals surface area contributed by atoms with Crippen LogP contribution in [-0.2, 0) is 11.3 Å². The Morgan fingerprint density at radius 3 is 3.33 bits per heavy atom. The number of ether oxygens (including phenoxy) is 2. The van der Waals surface area contributed by atoms with Gasteiger partial charge in [0.2, 0.25) is 0 Å². The minimum Gasteiger partial charge on any atom is -0.486 e. The van der Waals surface area contributed by atoms with E-state index in [1.54, 1.807) is 12.4 Å². The highest BCUT2D eigenvalue weighted by molar-refractivity contribution is 5.29. The van der Waals surface area contributed by atoms with Gasteiger partial charge in [0.1, 0.15) is 11.9 Å². The first-order valence-electron chi connectivity index (χ1n) is 5.22. The van der Waals surface area contributed by atoms with Gasteiger partial charge in [-0.3, -0.25) is 4.98 Å². The van der Waals surface area contributed by atoms with Crippen LogP contribution in [0.15, 0.2) is 18.5 Å². The van der Waals surface area contributed by atoms with Crippen LogP contribution in [0.4, 0.5) is 0 Å². The Balaban J connectivity index is 2.05. The summed E-state index contributed by atoms with van der Waals surface area (Å²) in [5.41, 5.74) is 1.14. The minimum atomic E-state index is 0.185. The molecule has 2 heterocycles. The molecule has 1 aliphatic heterocycles. The second kappa shape index (κ2) is 5.09. The van der Waals surface area contributed by atoms with Gasteiger partial charge in [0.05, 0.1) is 19.4 Å². The van der Waals surface area contributed by atoms with Gasteiger partial charge in [0.25, 0.3) is 0 Å². The maximum atomic E-state index is 5.83. The highest BCUT2D eigenvalue weighted by Gasteiger charge is 2.18. The molecule has 1 N–H and O–H groups in total. The van der Waals surface area contributed by atoms with Gasteiger partial charge in [0, 0.05) is 24.7 Å². The van der Waals surface area contributed by atoms with Crippen molar-refractivity contribution < 1.29 is 9.47 Å². The standard InChI is InChI=1S/C11H16N2O2/c1-12-6-9-2-4-13-7-11(9)15-10-3-5-14-8-10/h2,4,7,10,12H,3,5-6,8H2,1H3. The Hall–Kier alpha value is -1.13. The molecule has 0 radical (unpaired) electrons. The highest BCUT2D eigenvalue weighted by atomic mass is 16.5. The summed E-state index contributed by atoms with van der Waals surface area (Å²) in [5.74, 6) is 0.863. The van der Waals surface area contributed by atoms with Gasteiger partial charge in [-0.2, -0.15) is 0 Å². The highest BCUT2D eigenvalue weighted by Crippen LogP contribution is 2.20. The van der Waals surface area contributed by atoms with Gasteiger partial charge in [-0.1, -0.05) is 0 Å². The van der Waals surface area contributed by atoms with Crippen LogP contribution in [0, 0.1) is 0 Å². The van der Waals surface area contributed by atoms with Crippen molar-refractivity contribution in [3.63, 3.8) is 0 Å².